The highest BCUT2D eigenvalue weighted by Gasteiger charge is 2.47. The van der Waals surface area contributed by atoms with Crippen molar-refractivity contribution in [2.75, 3.05) is 74.6 Å². The molecule has 1 aromatic carbocycles. The zero-order valence-electron chi connectivity index (χ0n) is 25.2. The van der Waals surface area contributed by atoms with Gasteiger partial charge in [0.1, 0.15) is 17.7 Å². The van der Waals surface area contributed by atoms with E-state index in [4.69, 9.17) is 0 Å². The number of aromatic nitrogens is 1. The molecule has 3 amide bonds. The molecule has 4 heterocycles. The number of alkyl halides is 3. The van der Waals surface area contributed by atoms with Crippen LogP contribution in [0.15, 0.2) is 30.3 Å². The van der Waals surface area contributed by atoms with Crippen LogP contribution >= 0.6 is 0 Å². The number of anilines is 3. The number of carbonyl (C=O) groups is 3. The van der Waals surface area contributed by atoms with Crippen molar-refractivity contribution in [3.05, 3.63) is 47.4 Å². The summed E-state index contributed by atoms with van der Waals surface area (Å²) in [5.74, 6) is -1.81. The summed E-state index contributed by atoms with van der Waals surface area (Å²) in [4.78, 5) is 51.2. The number of rotatable bonds is 7. The number of piperazine rings is 1. The van der Waals surface area contributed by atoms with Gasteiger partial charge in [0, 0.05) is 78.9 Å². The molecule has 1 N–H and O–H groups in total. The molecule has 0 saturated carbocycles. The first-order valence-electron chi connectivity index (χ1n) is 14.6. The molecule has 14 heteroatoms. The Balaban J connectivity index is 1.33. The monoisotopic (exact) mass is 619 g/mol. The van der Waals surface area contributed by atoms with Gasteiger partial charge in [0.2, 0.25) is 17.7 Å². The molecule has 1 aromatic heterocycles. The number of benzene rings is 1. The Morgan fingerprint density at radius 1 is 1.16 bits per heavy atom. The van der Waals surface area contributed by atoms with Crippen LogP contribution in [0.25, 0.3) is 0 Å². The first kappa shape index (κ1) is 31.6. The SMILES string of the molecule is CC(=O)N1CCN(CCN(C)c2c(F)cccc2N(C)C(=O)C2CCC(=O)N2c2cc(C(F)(F)F)cc(C)n2)CC12CNC2. The van der Waals surface area contributed by atoms with Gasteiger partial charge in [0.25, 0.3) is 0 Å². The molecule has 3 fully saturated rings. The quantitative estimate of drug-likeness (QED) is 0.477. The van der Waals surface area contributed by atoms with E-state index < -0.39 is 35.4 Å². The first-order chi connectivity index (χ1) is 20.7. The van der Waals surface area contributed by atoms with Crippen LogP contribution in [0.3, 0.4) is 0 Å². The third kappa shape index (κ3) is 5.96. The second-order valence-corrected chi connectivity index (χ2v) is 11.9. The van der Waals surface area contributed by atoms with E-state index in [2.05, 4.69) is 15.2 Å². The van der Waals surface area contributed by atoms with Gasteiger partial charge in [0.05, 0.1) is 22.5 Å². The molecule has 0 bridgehead atoms. The lowest BCUT2D eigenvalue weighted by atomic mass is 9.87. The minimum atomic E-state index is -4.65. The second-order valence-electron chi connectivity index (χ2n) is 11.9. The van der Waals surface area contributed by atoms with Crippen LogP contribution in [0.2, 0.25) is 0 Å². The molecular formula is C30H37F4N7O3. The van der Waals surface area contributed by atoms with Crippen LogP contribution in [0.4, 0.5) is 34.8 Å². The van der Waals surface area contributed by atoms with Gasteiger partial charge in [-0.15, -0.1) is 0 Å². The van der Waals surface area contributed by atoms with Crippen molar-refractivity contribution in [1.29, 1.82) is 0 Å². The fraction of sp³-hybridized carbons (Fsp3) is 0.533. The largest absolute Gasteiger partial charge is 0.416 e. The number of amides is 3. The van der Waals surface area contributed by atoms with E-state index in [1.807, 2.05) is 4.90 Å². The Hall–Kier alpha value is -3.78. The molecule has 3 saturated heterocycles. The lowest BCUT2D eigenvalue weighted by molar-refractivity contribution is -0.143. The summed E-state index contributed by atoms with van der Waals surface area (Å²) in [6.07, 6.45) is -4.60. The van der Waals surface area contributed by atoms with Gasteiger partial charge in [-0.2, -0.15) is 13.2 Å². The number of para-hydroxylation sites is 1. The van der Waals surface area contributed by atoms with Crippen molar-refractivity contribution in [1.82, 2.24) is 20.1 Å². The van der Waals surface area contributed by atoms with Crippen molar-refractivity contribution in [3.63, 3.8) is 0 Å². The summed E-state index contributed by atoms with van der Waals surface area (Å²) in [5, 5.41) is 3.26. The van der Waals surface area contributed by atoms with Gasteiger partial charge in [-0.05, 0) is 37.6 Å². The van der Waals surface area contributed by atoms with Crippen LogP contribution in [0.1, 0.15) is 31.0 Å². The molecule has 5 rings (SSSR count). The van der Waals surface area contributed by atoms with Gasteiger partial charge in [-0.3, -0.25) is 24.2 Å². The Morgan fingerprint density at radius 3 is 2.52 bits per heavy atom. The molecule has 0 aliphatic carbocycles. The first-order valence-corrected chi connectivity index (χ1v) is 14.6. The van der Waals surface area contributed by atoms with Crippen LogP contribution < -0.4 is 20.0 Å². The van der Waals surface area contributed by atoms with Crippen LogP contribution in [0, 0.1) is 12.7 Å². The predicted octanol–water partition coefficient (Wildman–Crippen LogP) is 2.65. The number of nitrogens with zero attached hydrogens (tertiary/aromatic N) is 6. The highest BCUT2D eigenvalue weighted by Crippen LogP contribution is 2.36. The summed E-state index contributed by atoms with van der Waals surface area (Å²) in [5.41, 5.74) is -0.683. The molecule has 44 heavy (non-hydrogen) atoms. The molecule has 1 spiro atoms. The zero-order valence-corrected chi connectivity index (χ0v) is 25.2. The lowest BCUT2D eigenvalue weighted by Crippen LogP contribution is -2.77. The van der Waals surface area contributed by atoms with Crippen molar-refractivity contribution in [3.8, 4) is 0 Å². The number of aryl methyl sites for hydroxylation is 1. The normalized spacial score (nSPS) is 20.2. The summed E-state index contributed by atoms with van der Waals surface area (Å²) < 4.78 is 55.9. The van der Waals surface area contributed by atoms with Crippen LogP contribution in [-0.2, 0) is 20.6 Å². The van der Waals surface area contributed by atoms with Crippen molar-refractivity contribution < 1.29 is 31.9 Å². The molecule has 0 radical (unpaired) electrons. The van der Waals surface area contributed by atoms with Crippen LogP contribution in [-0.4, -0.2) is 104 Å². The molecule has 1 unspecified atom stereocenters. The summed E-state index contributed by atoms with van der Waals surface area (Å²) in [6.45, 7) is 7.44. The van der Waals surface area contributed by atoms with Gasteiger partial charge in [0.15, 0.2) is 0 Å². The smallest absolute Gasteiger partial charge is 0.369 e. The third-order valence-electron chi connectivity index (χ3n) is 8.82. The number of pyridine rings is 1. The topological polar surface area (TPSA) is 92.3 Å². The highest BCUT2D eigenvalue weighted by atomic mass is 19.4. The Bertz CT molecular complexity index is 1450. The third-order valence-corrected chi connectivity index (χ3v) is 8.82. The number of halogens is 4. The molecule has 10 nitrogen and oxygen atoms in total. The molecule has 2 aromatic rings. The van der Waals surface area contributed by atoms with Crippen molar-refractivity contribution >= 4 is 34.9 Å². The van der Waals surface area contributed by atoms with E-state index in [0.29, 0.717) is 32.7 Å². The molecule has 238 valence electrons. The van der Waals surface area contributed by atoms with Gasteiger partial charge in [-0.25, -0.2) is 9.37 Å². The summed E-state index contributed by atoms with van der Waals surface area (Å²) >= 11 is 0. The Kier molecular flexibility index (Phi) is 8.60. The van der Waals surface area contributed by atoms with Gasteiger partial charge in [-0.1, -0.05) is 6.07 Å². The fourth-order valence-corrected chi connectivity index (χ4v) is 6.50. The van der Waals surface area contributed by atoms with E-state index in [1.54, 1.807) is 24.9 Å². The lowest BCUT2D eigenvalue weighted by Gasteiger charge is -2.56. The zero-order chi connectivity index (χ0) is 32.0. The van der Waals surface area contributed by atoms with E-state index in [0.717, 1.165) is 30.1 Å². The maximum Gasteiger partial charge on any atom is 0.416 e. The maximum absolute atomic E-state index is 15.4. The van der Waals surface area contributed by atoms with Crippen LogP contribution in [0.5, 0.6) is 0 Å². The van der Waals surface area contributed by atoms with E-state index in [9.17, 15) is 27.6 Å². The number of carbonyl (C=O) groups excluding carboxylic acids is 3. The minimum absolute atomic E-state index is 0.0367. The van der Waals surface area contributed by atoms with E-state index in [1.165, 1.54) is 31.0 Å². The maximum atomic E-state index is 15.4. The molecule has 3 aliphatic rings. The van der Waals surface area contributed by atoms with E-state index >= 15 is 4.39 Å². The highest BCUT2D eigenvalue weighted by molar-refractivity contribution is 6.09. The van der Waals surface area contributed by atoms with Crippen molar-refractivity contribution in [2.24, 2.45) is 0 Å². The number of hydrogen-bond acceptors (Lipinski definition) is 7. The number of nitrogens with one attached hydrogen (secondary N) is 1. The Morgan fingerprint density at radius 2 is 1.89 bits per heavy atom. The van der Waals surface area contributed by atoms with Gasteiger partial charge >= 0.3 is 6.18 Å². The molecule has 1 atom stereocenters. The second kappa shape index (κ2) is 12.0. The molecule has 3 aliphatic heterocycles. The average molecular weight is 620 g/mol. The minimum Gasteiger partial charge on any atom is -0.369 e. The number of hydrogen-bond donors (Lipinski definition) is 1. The molecular weight excluding hydrogens is 582 g/mol. The standard InChI is InChI=1S/C30H37F4N7O3/c1-19-14-21(30(32,33)34)15-25(36-19)41-24(8-9-26(41)43)28(44)38(4)23-7-5-6-22(31)27(23)37(3)10-11-39-12-13-40(20(2)42)29(18-39)16-35-17-29/h5-7,14-15,24,35H,8-13,16-18H2,1-4H3. The van der Waals surface area contributed by atoms with E-state index in [-0.39, 0.29) is 47.2 Å². The summed E-state index contributed by atoms with van der Waals surface area (Å²) in [6, 6.07) is 4.94. The average Bonchev–Trinajstić information content (AvgIpc) is 3.34. The summed E-state index contributed by atoms with van der Waals surface area (Å²) in [7, 11) is 3.20. The number of likely N-dealkylation sites (N-methyl/N-ethyl adjacent to an activating group) is 2. The van der Waals surface area contributed by atoms with Crippen molar-refractivity contribution in [2.45, 2.75) is 44.4 Å². The fourth-order valence-electron chi connectivity index (χ4n) is 6.50. The Labute approximate surface area is 253 Å². The van der Waals surface area contributed by atoms with Gasteiger partial charge < -0.3 is 20.0 Å². The predicted molar refractivity (Wildman–Crippen MR) is 157 cm³/mol.